The first-order valence-corrected chi connectivity index (χ1v) is 7.18. The van der Waals surface area contributed by atoms with Gasteiger partial charge in [-0.3, -0.25) is 0 Å². The molecule has 0 aromatic rings. The number of hydrogen-bond acceptors (Lipinski definition) is 7. The highest BCUT2D eigenvalue weighted by Gasteiger charge is 2.35. The Morgan fingerprint density at radius 2 is 1.14 bits per heavy atom. The molecular weight excluding hydrogens is 280 g/mol. The molecule has 0 aliphatic rings. The maximum atomic E-state index is 8.97. The first-order valence-electron chi connectivity index (χ1n) is 7.18. The standard InChI is InChI=1S/C8H18O4.C6H14O3/c1-3-12-7(2)8(4-9,5-10)6-11;1-2-6(3-7,4-8)5-9/h7,9-11H,3-6H2,1-2H3;7-9H,2-5H2,1H3. The molecule has 0 amide bonds. The van der Waals surface area contributed by atoms with Crippen LogP contribution < -0.4 is 0 Å². The molecule has 0 heterocycles. The molecule has 7 heteroatoms. The molecule has 0 aromatic carbocycles. The highest BCUT2D eigenvalue weighted by atomic mass is 16.5. The molecule has 0 fully saturated rings. The van der Waals surface area contributed by atoms with Crippen LogP contribution in [0, 0.1) is 10.8 Å². The Bertz CT molecular complexity index is 202. The van der Waals surface area contributed by atoms with Crippen molar-refractivity contribution in [2.24, 2.45) is 10.8 Å². The van der Waals surface area contributed by atoms with Crippen molar-refractivity contribution in [3.63, 3.8) is 0 Å². The van der Waals surface area contributed by atoms with Gasteiger partial charge in [0.15, 0.2) is 0 Å². The van der Waals surface area contributed by atoms with Crippen LogP contribution in [0.2, 0.25) is 0 Å². The highest BCUT2D eigenvalue weighted by molar-refractivity contribution is 4.83. The van der Waals surface area contributed by atoms with E-state index in [1.54, 1.807) is 6.92 Å². The van der Waals surface area contributed by atoms with Gasteiger partial charge in [0.1, 0.15) is 0 Å². The fourth-order valence-electron chi connectivity index (χ4n) is 1.45. The second-order valence-corrected chi connectivity index (χ2v) is 5.26. The van der Waals surface area contributed by atoms with Crippen molar-refractivity contribution in [2.45, 2.75) is 33.3 Å². The number of rotatable bonds is 10. The topological polar surface area (TPSA) is 131 Å². The lowest BCUT2D eigenvalue weighted by atomic mass is 9.85. The van der Waals surface area contributed by atoms with Gasteiger partial charge in [0, 0.05) is 12.0 Å². The summed E-state index contributed by atoms with van der Waals surface area (Å²) in [4.78, 5) is 0. The summed E-state index contributed by atoms with van der Waals surface area (Å²) in [5, 5.41) is 52.9. The van der Waals surface area contributed by atoms with Gasteiger partial charge in [-0.1, -0.05) is 6.92 Å². The third kappa shape index (κ3) is 7.01. The molecule has 0 bridgehead atoms. The van der Waals surface area contributed by atoms with E-state index in [9.17, 15) is 0 Å². The molecule has 0 saturated carbocycles. The molecule has 6 N–H and O–H groups in total. The second-order valence-electron chi connectivity index (χ2n) is 5.26. The number of aliphatic hydroxyl groups is 6. The lowest BCUT2D eigenvalue weighted by Gasteiger charge is -2.33. The van der Waals surface area contributed by atoms with E-state index < -0.39 is 10.8 Å². The molecular formula is C14H32O7. The van der Waals surface area contributed by atoms with Crippen LogP contribution in [0.5, 0.6) is 0 Å². The second kappa shape index (κ2) is 12.3. The van der Waals surface area contributed by atoms with Gasteiger partial charge in [-0.25, -0.2) is 0 Å². The van der Waals surface area contributed by atoms with E-state index in [0.29, 0.717) is 13.0 Å². The van der Waals surface area contributed by atoms with Crippen LogP contribution in [-0.2, 0) is 4.74 Å². The Balaban J connectivity index is 0. The zero-order valence-electron chi connectivity index (χ0n) is 13.3. The largest absolute Gasteiger partial charge is 0.396 e. The Kier molecular flexibility index (Phi) is 13.4. The minimum Gasteiger partial charge on any atom is -0.396 e. The lowest BCUT2D eigenvalue weighted by Crippen LogP contribution is -2.45. The molecule has 0 aliphatic heterocycles. The normalized spacial score (nSPS) is 13.6. The van der Waals surface area contributed by atoms with Gasteiger partial charge in [0.25, 0.3) is 0 Å². The SMILES string of the molecule is CCC(CO)(CO)CO.CCOC(C)C(CO)(CO)CO. The molecule has 130 valence electrons. The first kappa shape index (κ1) is 23.0. The molecule has 0 saturated heterocycles. The maximum absolute atomic E-state index is 8.97. The van der Waals surface area contributed by atoms with Crippen LogP contribution in [0.1, 0.15) is 27.2 Å². The Labute approximate surface area is 126 Å². The van der Waals surface area contributed by atoms with Crippen molar-refractivity contribution in [2.75, 3.05) is 46.2 Å². The predicted molar refractivity (Wildman–Crippen MR) is 78.8 cm³/mol. The monoisotopic (exact) mass is 312 g/mol. The smallest absolute Gasteiger partial charge is 0.0669 e. The van der Waals surface area contributed by atoms with Crippen LogP contribution in [0.25, 0.3) is 0 Å². The minimum absolute atomic E-state index is 0.156. The molecule has 0 spiro atoms. The van der Waals surface area contributed by atoms with Gasteiger partial charge < -0.3 is 35.4 Å². The summed E-state index contributed by atoms with van der Waals surface area (Å²) in [5.74, 6) is 0. The molecule has 0 radical (unpaired) electrons. The summed E-state index contributed by atoms with van der Waals surface area (Å²) in [6, 6.07) is 0. The summed E-state index contributed by atoms with van der Waals surface area (Å²) in [6.45, 7) is 4.58. The summed E-state index contributed by atoms with van der Waals surface area (Å²) in [6.07, 6.45) is 0.249. The fourth-order valence-corrected chi connectivity index (χ4v) is 1.45. The number of hydrogen-bond donors (Lipinski definition) is 6. The van der Waals surface area contributed by atoms with Gasteiger partial charge in [0.05, 0.1) is 51.2 Å². The molecule has 1 atom stereocenters. The third-order valence-corrected chi connectivity index (χ3v) is 3.98. The van der Waals surface area contributed by atoms with Crippen LogP contribution in [0.15, 0.2) is 0 Å². The van der Waals surface area contributed by atoms with Crippen LogP contribution in [0.4, 0.5) is 0 Å². The zero-order valence-corrected chi connectivity index (χ0v) is 13.3. The van der Waals surface area contributed by atoms with E-state index in [4.69, 9.17) is 35.4 Å². The molecule has 0 aliphatic carbocycles. The summed E-state index contributed by atoms with van der Waals surface area (Å²) in [5.41, 5.74) is -1.59. The van der Waals surface area contributed by atoms with E-state index in [1.165, 1.54) is 0 Å². The van der Waals surface area contributed by atoms with Crippen molar-refractivity contribution in [1.82, 2.24) is 0 Å². The number of aliphatic hydroxyl groups excluding tert-OH is 6. The molecule has 0 rings (SSSR count). The number of ether oxygens (including phenoxy) is 1. The quantitative estimate of drug-likeness (QED) is 0.297. The Morgan fingerprint density at radius 1 is 0.762 bits per heavy atom. The van der Waals surface area contributed by atoms with Crippen molar-refractivity contribution < 1.29 is 35.4 Å². The maximum Gasteiger partial charge on any atom is 0.0669 e. The lowest BCUT2D eigenvalue weighted by molar-refractivity contribution is -0.102. The Hall–Kier alpha value is -0.280. The zero-order chi connectivity index (χ0) is 16.9. The van der Waals surface area contributed by atoms with Crippen LogP contribution in [-0.4, -0.2) is 83.0 Å². The first-order chi connectivity index (χ1) is 9.91. The van der Waals surface area contributed by atoms with E-state index in [1.807, 2.05) is 13.8 Å². The highest BCUT2D eigenvalue weighted by Crippen LogP contribution is 2.22. The Morgan fingerprint density at radius 3 is 1.29 bits per heavy atom. The van der Waals surface area contributed by atoms with E-state index in [2.05, 4.69) is 0 Å². The van der Waals surface area contributed by atoms with Crippen LogP contribution in [0.3, 0.4) is 0 Å². The van der Waals surface area contributed by atoms with E-state index in [0.717, 1.165) is 0 Å². The predicted octanol–water partition coefficient (Wildman–Crippen LogP) is -1.27. The van der Waals surface area contributed by atoms with Crippen LogP contribution >= 0.6 is 0 Å². The van der Waals surface area contributed by atoms with E-state index >= 15 is 0 Å². The summed E-state index contributed by atoms with van der Waals surface area (Å²) < 4.78 is 5.20. The van der Waals surface area contributed by atoms with Crippen molar-refractivity contribution in [3.05, 3.63) is 0 Å². The average Bonchev–Trinajstić information content (AvgIpc) is 2.53. The van der Waals surface area contributed by atoms with Gasteiger partial charge in [-0.2, -0.15) is 0 Å². The molecule has 7 nitrogen and oxygen atoms in total. The van der Waals surface area contributed by atoms with Gasteiger partial charge >= 0.3 is 0 Å². The van der Waals surface area contributed by atoms with Crippen molar-refractivity contribution in [1.29, 1.82) is 0 Å². The van der Waals surface area contributed by atoms with Gasteiger partial charge in [0.2, 0.25) is 0 Å². The molecule has 0 aromatic heterocycles. The van der Waals surface area contributed by atoms with E-state index in [-0.39, 0.29) is 45.7 Å². The molecule has 21 heavy (non-hydrogen) atoms. The third-order valence-electron chi connectivity index (χ3n) is 3.98. The van der Waals surface area contributed by atoms with Gasteiger partial charge in [-0.15, -0.1) is 0 Å². The van der Waals surface area contributed by atoms with Crippen molar-refractivity contribution >= 4 is 0 Å². The summed E-state index contributed by atoms with van der Waals surface area (Å²) in [7, 11) is 0. The van der Waals surface area contributed by atoms with Gasteiger partial charge in [-0.05, 0) is 20.3 Å². The summed E-state index contributed by atoms with van der Waals surface area (Å²) >= 11 is 0. The minimum atomic E-state index is -0.921. The van der Waals surface area contributed by atoms with Crippen molar-refractivity contribution in [3.8, 4) is 0 Å². The molecule has 1 unspecified atom stereocenters. The average molecular weight is 312 g/mol. The fraction of sp³-hybridized carbons (Fsp3) is 1.00.